The van der Waals surface area contributed by atoms with Gasteiger partial charge in [-0.25, -0.2) is 0 Å². The number of benzene rings is 3. The van der Waals surface area contributed by atoms with E-state index in [-0.39, 0.29) is 11.4 Å². The van der Waals surface area contributed by atoms with E-state index in [1.807, 2.05) is 30.3 Å². The van der Waals surface area contributed by atoms with Crippen LogP contribution in [0.2, 0.25) is 0 Å². The average Bonchev–Trinajstić information content (AvgIpc) is 3.10. The summed E-state index contributed by atoms with van der Waals surface area (Å²) in [7, 11) is 1.52. The lowest BCUT2D eigenvalue weighted by Crippen LogP contribution is -2.30. The maximum absolute atomic E-state index is 12.7. The van der Waals surface area contributed by atoms with Crippen molar-refractivity contribution in [1.82, 2.24) is 0 Å². The standard InChI is InChI=1S/C22H18N2O6/c1-13(29-15-7-5-6-14(10-15)24(26)27)22(25)23-18-12-20-17(11-21(18)28-2)16-8-3-4-9-19(16)30-20/h3-13H,1-2H3,(H,23,25)/t13-/m1/s1. The fraction of sp³-hybridized carbons (Fsp3) is 0.136. The van der Waals surface area contributed by atoms with Gasteiger partial charge in [-0.1, -0.05) is 24.3 Å². The number of nitro groups is 1. The van der Waals surface area contributed by atoms with E-state index in [4.69, 9.17) is 13.9 Å². The minimum atomic E-state index is -0.900. The molecule has 30 heavy (non-hydrogen) atoms. The van der Waals surface area contributed by atoms with E-state index in [1.54, 1.807) is 19.1 Å². The van der Waals surface area contributed by atoms with Crippen LogP contribution in [0.5, 0.6) is 11.5 Å². The number of hydrogen-bond donors (Lipinski definition) is 1. The van der Waals surface area contributed by atoms with Crippen molar-refractivity contribution in [3.05, 3.63) is 70.8 Å². The number of methoxy groups -OCH3 is 1. The minimum absolute atomic E-state index is 0.114. The van der Waals surface area contributed by atoms with Crippen LogP contribution in [0.4, 0.5) is 11.4 Å². The summed E-state index contributed by atoms with van der Waals surface area (Å²) in [6.45, 7) is 1.56. The molecule has 1 N–H and O–H groups in total. The molecule has 0 fully saturated rings. The van der Waals surface area contributed by atoms with Crippen LogP contribution in [0.1, 0.15) is 6.92 Å². The largest absolute Gasteiger partial charge is 0.495 e. The molecule has 0 aliphatic carbocycles. The molecule has 1 atom stereocenters. The fourth-order valence-corrected chi connectivity index (χ4v) is 3.18. The summed E-state index contributed by atoms with van der Waals surface area (Å²) in [6, 6.07) is 16.8. The van der Waals surface area contributed by atoms with Crippen LogP contribution in [0.15, 0.2) is 65.1 Å². The Hall–Kier alpha value is -4.07. The third kappa shape index (κ3) is 3.62. The topological polar surface area (TPSA) is 104 Å². The molecule has 0 radical (unpaired) electrons. The highest BCUT2D eigenvalue weighted by atomic mass is 16.6. The van der Waals surface area contributed by atoms with Gasteiger partial charge in [0.15, 0.2) is 6.10 Å². The van der Waals surface area contributed by atoms with Crippen molar-refractivity contribution < 1.29 is 23.6 Å². The number of carbonyl (C=O) groups is 1. The summed E-state index contributed by atoms with van der Waals surface area (Å²) in [5.41, 5.74) is 1.67. The first-order valence-electron chi connectivity index (χ1n) is 9.17. The summed E-state index contributed by atoms with van der Waals surface area (Å²) in [4.78, 5) is 23.0. The lowest BCUT2D eigenvalue weighted by molar-refractivity contribution is -0.384. The lowest BCUT2D eigenvalue weighted by atomic mass is 10.1. The highest BCUT2D eigenvalue weighted by molar-refractivity contribution is 6.08. The number of nitro benzene ring substituents is 1. The molecule has 1 heterocycles. The number of carbonyl (C=O) groups excluding carboxylic acids is 1. The molecule has 4 aromatic rings. The quantitative estimate of drug-likeness (QED) is 0.360. The molecule has 8 heteroatoms. The maximum Gasteiger partial charge on any atom is 0.273 e. The monoisotopic (exact) mass is 406 g/mol. The van der Waals surface area contributed by atoms with Gasteiger partial charge in [0.2, 0.25) is 0 Å². The van der Waals surface area contributed by atoms with E-state index in [2.05, 4.69) is 5.32 Å². The fourth-order valence-electron chi connectivity index (χ4n) is 3.18. The Kier molecular flexibility index (Phi) is 4.97. The van der Waals surface area contributed by atoms with Gasteiger partial charge in [0.1, 0.15) is 22.7 Å². The predicted molar refractivity (Wildman–Crippen MR) is 112 cm³/mol. The summed E-state index contributed by atoms with van der Waals surface area (Å²) >= 11 is 0. The van der Waals surface area contributed by atoms with Crippen LogP contribution in [0.25, 0.3) is 21.9 Å². The molecular formula is C22H18N2O6. The molecule has 0 unspecified atom stereocenters. The third-order valence-electron chi connectivity index (χ3n) is 4.67. The molecule has 0 spiro atoms. The SMILES string of the molecule is COc1cc2c(cc1NC(=O)[C@@H](C)Oc1cccc([N+](=O)[O-])c1)oc1ccccc12. The molecular weight excluding hydrogens is 388 g/mol. The number of amides is 1. The molecule has 0 aliphatic rings. The van der Waals surface area contributed by atoms with Crippen molar-refractivity contribution in [2.75, 3.05) is 12.4 Å². The Balaban J connectivity index is 1.58. The van der Waals surface area contributed by atoms with Gasteiger partial charge in [-0.2, -0.15) is 0 Å². The van der Waals surface area contributed by atoms with Gasteiger partial charge in [-0.3, -0.25) is 14.9 Å². The second-order valence-corrected chi connectivity index (χ2v) is 6.65. The van der Waals surface area contributed by atoms with Crippen molar-refractivity contribution in [2.24, 2.45) is 0 Å². The van der Waals surface area contributed by atoms with Crippen molar-refractivity contribution >= 4 is 39.2 Å². The number of non-ortho nitro benzene ring substituents is 1. The first-order chi connectivity index (χ1) is 14.5. The van der Waals surface area contributed by atoms with Gasteiger partial charge < -0.3 is 19.2 Å². The first kappa shape index (κ1) is 19.3. The van der Waals surface area contributed by atoms with Crippen LogP contribution < -0.4 is 14.8 Å². The van der Waals surface area contributed by atoms with Crippen LogP contribution in [-0.4, -0.2) is 24.0 Å². The van der Waals surface area contributed by atoms with Crippen molar-refractivity contribution in [3.63, 3.8) is 0 Å². The zero-order valence-corrected chi connectivity index (χ0v) is 16.2. The molecule has 8 nitrogen and oxygen atoms in total. The van der Waals surface area contributed by atoms with Crippen LogP contribution in [0, 0.1) is 10.1 Å². The second kappa shape index (κ2) is 7.75. The Morgan fingerprint density at radius 1 is 1.07 bits per heavy atom. The van der Waals surface area contributed by atoms with Gasteiger partial charge in [-0.15, -0.1) is 0 Å². The van der Waals surface area contributed by atoms with Crippen LogP contribution in [-0.2, 0) is 4.79 Å². The predicted octanol–water partition coefficient (Wildman–Crippen LogP) is 4.91. The van der Waals surface area contributed by atoms with Crippen molar-refractivity contribution in [1.29, 1.82) is 0 Å². The second-order valence-electron chi connectivity index (χ2n) is 6.65. The van der Waals surface area contributed by atoms with Crippen LogP contribution in [0.3, 0.4) is 0 Å². The normalized spacial score (nSPS) is 11.9. The van der Waals surface area contributed by atoms with Crippen molar-refractivity contribution in [3.8, 4) is 11.5 Å². The number of fused-ring (bicyclic) bond motifs is 3. The van der Waals surface area contributed by atoms with Gasteiger partial charge in [0.05, 0.1) is 23.8 Å². The third-order valence-corrected chi connectivity index (χ3v) is 4.67. The highest BCUT2D eigenvalue weighted by Gasteiger charge is 2.19. The van der Waals surface area contributed by atoms with Crippen molar-refractivity contribution in [2.45, 2.75) is 13.0 Å². The molecule has 3 aromatic carbocycles. The smallest absolute Gasteiger partial charge is 0.273 e. The lowest BCUT2D eigenvalue weighted by Gasteiger charge is -2.16. The van der Waals surface area contributed by atoms with E-state index < -0.39 is 16.9 Å². The maximum atomic E-state index is 12.7. The number of rotatable bonds is 6. The Bertz CT molecular complexity index is 1260. The minimum Gasteiger partial charge on any atom is -0.495 e. The number of hydrogen-bond acceptors (Lipinski definition) is 6. The zero-order chi connectivity index (χ0) is 21.3. The summed E-state index contributed by atoms with van der Waals surface area (Å²) < 4.78 is 16.9. The molecule has 0 aliphatic heterocycles. The molecule has 0 saturated carbocycles. The Morgan fingerprint density at radius 2 is 1.87 bits per heavy atom. The number of ether oxygens (including phenoxy) is 2. The van der Waals surface area contributed by atoms with Gasteiger partial charge in [0.25, 0.3) is 11.6 Å². The van der Waals surface area contributed by atoms with E-state index in [0.717, 1.165) is 16.4 Å². The average molecular weight is 406 g/mol. The summed E-state index contributed by atoms with van der Waals surface area (Å²) in [6.07, 6.45) is -0.900. The van der Waals surface area contributed by atoms with E-state index in [9.17, 15) is 14.9 Å². The van der Waals surface area contributed by atoms with Gasteiger partial charge in [-0.05, 0) is 25.1 Å². The number of nitrogens with one attached hydrogen (secondary N) is 1. The highest BCUT2D eigenvalue weighted by Crippen LogP contribution is 2.36. The van der Waals surface area contributed by atoms with E-state index in [0.29, 0.717) is 17.0 Å². The van der Waals surface area contributed by atoms with Gasteiger partial charge >= 0.3 is 0 Å². The number of furan rings is 1. The van der Waals surface area contributed by atoms with E-state index >= 15 is 0 Å². The summed E-state index contributed by atoms with van der Waals surface area (Å²) in [5.74, 6) is 0.270. The molecule has 1 aromatic heterocycles. The molecule has 4 rings (SSSR count). The molecule has 1 amide bonds. The summed E-state index contributed by atoms with van der Waals surface area (Å²) in [5, 5.41) is 15.5. The van der Waals surface area contributed by atoms with Crippen LogP contribution >= 0.6 is 0 Å². The zero-order valence-electron chi connectivity index (χ0n) is 16.2. The Labute approximate surface area is 171 Å². The Morgan fingerprint density at radius 3 is 2.63 bits per heavy atom. The number of para-hydroxylation sites is 1. The number of nitrogens with zero attached hydrogens (tertiary/aromatic N) is 1. The molecule has 0 bridgehead atoms. The van der Waals surface area contributed by atoms with Gasteiger partial charge in [0, 0.05) is 22.9 Å². The molecule has 152 valence electrons. The number of anilines is 1. The first-order valence-corrected chi connectivity index (χ1v) is 9.17. The molecule has 0 saturated heterocycles. The van der Waals surface area contributed by atoms with E-state index in [1.165, 1.54) is 25.3 Å².